The summed E-state index contributed by atoms with van der Waals surface area (Å²) in [5.74, 6) is 1.79. The van der Waals surface area contributed by atoms with Gasteiger partial charge in [-0.3, -0.25) is 4.79 Å². The molecule has 0 saturated carbocycles. The summed E-state index contributed by atoms with van der Waals surface area (Å²) < 4.78 is 2.22. The van der Waals surface area contributed by atoms with Crippen molar-refractivity contribution in [2.45, 2.75) is 286 Å². The van der Waals surface area contributed by atoms with E-state index in [1.165, 1.54) is 209 Å². The van der Waals surface area contributed by atoms with Gasteiger partial charge in [0.1, 0.15) is 0 Å². The van der Waals surface area contributed by atoms with E-state index in [2.05, 4.69) is 113 Å². The van der Waals surface area contributed by atoms with Gasteiger partial charge in [-0.2, -0.15) is 0 Å². The summed E-state index contributed by atoms with van der Waals surface area (Å²) in [5, 5.41) is 13.7. The third-order valence-electron chi connectivity index (χ3n) is 17.4. The first-order valence-corrected chi connectivity index (χ1v) is 33.9. The van der Waals surface area contributed by atoms with E-state index in [0.717, 1.165) is 87.3 Å². The van der Waals surface area contributed by atoms with Crippen LogP contribution in [0.1, 0.15) is 306 Å². The van der Waals surface area contributed by atoms with Crippen molar-refractivity contribution in [1.29, 1.82) is 0 Å². The van der Waals surface area contributed by atoms with Crippen molar-refractivity contribution in [3.8, 4) is 5.88 Å². The summed E-state index contributed by atoms with van der Waals surface area (Å²) in [6.45, 7) is 17.9. The average molecular weight is 1110 g/mol. The van der Waals surface area contributed by atoms with Crippen LogP contribution < -0.4 is 0 Å². The molecule has 0 unspecified atom stereocenters. The topological polar surface area (TPSA) is 45.5 Å². The number of amides is 1. The number of thiocarbonyl (C=S) groups is 1. The van der Waals surface area contributed by atoms with Crippen molar-refractivity contribution in [1.82, 2.24) is 9.47 Å². The number of fused-ring (bicyclic) bond motifs is 3. The van der Waals surface area contributed by atoms with E-state index in [0.29, 0.717) is 30.2 Å². The summed E-state index contributed by atoms with van der Waals surface area (Å²) in [5.41, 5.74) is 9.54. The van der Waals surface area contributed by atoms with Gasteiger partial charge in [-0.25, -0.2) is 0 Å². The quantitative estimate of drug-likeness (QED) is 0.0257. The van der Waals surface area contributed by atoms with Gasteiger partial charge in [0.2, 0.25) is 5.88 Å². The molecule has 0 saturated heterocycles. The normalized spacial score (nSPS) is 14.5. The molecule has 5 rings (SSSR count). The Bertz CT molecular complexity index is 2390. The predicted octanol–water partition coefficient (Wildman–Crippen LogP) is 23.1. The van der Waals surface area contributed by atoms with E-state index >= 15 is 4.79 Å². The molecular formula is C73H112N2O2S2. The maximum absolute atomic E-state index is 15.3. The summed E-state index contributed by atoms with van der Waals surface area (Å²) in [4.78, 5) is 19.1. The molecule has 438 valence electrons. The van der Waals surface area contributed by atoms with Crippen LogP contribution in [0.25, 0.3) is 33.5 Å². The highest BCUT2D eigenvalue weighted by molar-refractivity contribution is 7.90. The van der Waals surface area contributed by atoms with Gasteiger partial charge in [-0.15, -0.1) is 12.6 Å². The Balaban J connectivity index is 1.51. The minimum absolute atomic E-state index is 0.101. The van der Waals surface area contributed by atoms with Crippen molar-refractivity contribution in [3.63, 3.8) is 0 Å². The van der Waals surface area contributed by atoms with Crippen molar-refractivity contribution in [3.05, 3.63) is 99.7 Å². The molecule has 2 aliphatic rings. The highest BCUT2D eigenvalue weighted by Gasteiger charge is 2.32. The molecular weight excluding hydrogens is 1000 g/mol. The lowest BCUT2D eigenvalue weighted by Crippen LogP contribution is -2.39. The second-order valence-corrected chi connectivity index (χ2v) is 25.4. The predicted molar refractivity (Wildman–Crippen MR) is 356 cm³/mol. The molecule has 0 atom stereocenters. The average Bonchev–Trinajstić information content (AvgIpc) is 3.87. The molecule has 4 nitrogen and oxygen atoms in total. The zero-order chi connectivity index (χ0) is 56.6. The molecule has 1 N–H and O–H groups in total. The SMILES string of the molecule is CC/C=C(\S)c1c(O)n(CC(CCCCCCCCCCCC)CCCCCCCCCCCC)c2cc3c(cc12)CN(CC(CCCCCC)CCCCCC)C(=O)C3=CC=CC(=S)C1=Cc2ccc(C(C)C)cc2C=CC1. The van der Waals surface area contributed by atoms with E-state index in [1.807, 2.05) is 18.2 Å². The molecule has 0 bridgehead atoms. The maximum Gasteiger partial charge on any atom is 0.254 e. The molecule has 0 fully saturated rings. The molecule has 1 aliphatic heterocycles. The Morgan fingerprint density at radius 3 is 1.68 bits per heavy atom. The van der Waals surface area contributed by atoms with Crippen LogP contribution in [-0.4, -0.2) is 31.9 Å². The first kappa shape index (κ1) is 66.2. The minimum atomic E-state index is 0.101. The number of rotatable bonds is 42. The molecule has 0 spiro atoms. The number of carbonyl (C=O) groups is 1. The van der Waals surface area contributed by atoms with Gasteiger partial charge in [-0.1, -0.05) is 283 Å². The fraction of sp³-hybridized carbons (Fsp3) is 0.644. The molecule has 2 heterocycles. The van der Waals surface area contributed by atoms with Crippen LogP contribution in [0.3, 0.4) is 0 Å². The maximum atomic E-state index is 15.3. The molecule has 1 aromatic heterocycles. The number of carbonyl (C=O) groups excluding carboxylic acids is 1. The molecule has 0 radical (unpaired) electrons. The number of nitrogens with zero attached hydrogens (tertiary/aromatic N) is 2. The molecule has 1 amide bonds. The van der Waals surface area contributed by atoms with E-state index in [4.69, 9.17) is 24.8 Å². The summed E-state index contributed by atoms with van der Waals surface area (Å²) in [6, 6.07) is 11.4. The number of thiol groups is 1. The Morgan fingerprint density at radius 1 is 0.658 bits per heavy atom. The van der Waals surface area contributed by atoms with E-state index in [9.17, 15) is 5.11 Å². The number of hydrogen-bond donors (Lipinski definition) is 2. The van der Waals surface area contributed by atoms with Crippen LogP contribution in [0.4, 0.5) is 0 Å². The Morgan fingerprint density at radius 2 is 1.16 bits per heavy atom. The lowest BCUT2D eigenvalue weighted by Gasteiger charge is -2.34. The van der Waals surface area contributed by atoms with Crippen LogP contribution in [-0.2, 0) is 17.9 Å². The summed E-state index contributed by atoms with van der Waals surface area (Å²) in [6.07, 6.45) is 57.9. The Labute approximate surface area is 495 Å². The lowest BCUT2D eigenvalue weighted by atomic mass is 9.89. The van der Waals surface area contributed by atoms with Gasteiger partial charge in [-0.05, 0) is 120 Å². The molecule has 6 heteroatoms. The second kappa shape index (κ2) is 38.2. The molecule has 2 aromatic carbocycles. The monoisotopic (exact) mass is 1110 g/mol. The van der Waals surface area contributed by atoms with Gasteiger partial charge in [0.05, 0.1) is 11.1 Å². The van der Waals surface area contributed by atoms with Crippen LogP contribution >= 0.6 is 24.8 Å². The number of aromatic nitrogens is 1. The van der Waals surface area contributed by atoms with Crippen molar-refractivity contribution >= 4 is 69.2 Å². The minimum Gasteiger partial charge on any atom is -0.494 e. The van der Waals surface area contributed by atoms with E-state index < -0.39 is 0 Å². The van der Waals surface area contributed by atoms with Crippen molar-refractivity contribution in [2.75, 3.05) is 6.54 Å². The lowest BCUT2D eigenvalue weighted by molar-refractivity contribution is -0.126. The third kappa shape index (κ3) is 22.2. The van der Waals surface area contributed by atoms with Crippen LogP contribution in [0, 0.1) is 11.8 Å². The molecule has 79 heavy (non-hydrogen) atoms. The smallest absolute Gasteiger partial charge is 0.254 e. The fourth-order valence-corrected chi connectivity index (χ4v) is 13.1. The number of aromatic hydroxyl groups is 1. The first-order valence-electron chi connectivity index (χ1n) is 33.1. The molecule has 1 aliphatic carbocycles. The molecule has 3 aromatic rings. The summed E-state index contributed by atoms with van der Waals surface area (Å²) in [7, 11) is 0. The number of benzene rings is 2. The van der Waals surface area contributed by atoms with E-state index in [1.54, 1.807) is 0 Å². The van der Waals surface area contributed by atoms with Crippen molar-refractivity contribution in [2.24, 2.45) is 11.8 Å². The third-order valence-corrected chi connectivity index (χ3v) is 18.2. The Kier molecular flexibility index (Phi) is 32.0. The summed E-state index contributed by atoms with van der Waals surface area (Å²) >= 11 is 11.3. The number of unbranched alkanes of at least 4 members (excludes halogenated alkanes) is 24. The second-order valence-electron chi connectivity index (χ2n) is 24.5. The van der Waals surface area contributed by atoms with Gasteiger partial charge >= 0.3 is 0 Å². The van der Waals surface area contributed by atoms with Crippen LogP contribution in [0.2, 0.25) is 0 Å². The van der Waals surface area contributed by atoms with Crippen LogP contribution in [0.5, 0.6) is 5.88 Å². The van der Waals surface area contributed by atoms with Crippen LogP contribution in [0.15, 0.2) is 66.3 Å². The zero-order valence-corrected chi connectivity index (χ0v) is 53.1. The standard InChI is InChI=1S/C73H112N2O2S2/c1-8-13-17-21-23-25-27-29-31-35-42-59(43-36-32-30-28-26-24-22-18-14-9-2)55-75-68-53-66-64(52-67(68)71(73(75)77)70(79)39-12-5)56-74(54-58(40-33-19-15-10-3)41-34-20-16-11-4)72(76)65(66)46-38-47-69(78)63-45-37-44-61-50-60(57(6)7)48-49-62(61)51-63/h37-39,44,46-53,57-59,77,79H,8-36,40-43,45,54-56H2,1-7H3/b47-38?,65-46?,70-39-. The van der Waals surface area contributed by atoms with Gasteiger partial charge in [0, 0.05) is 40.4 Å². The van der Waals surface area contributed by atoms with Gasteiger partial charge < -0.3 is 14.6 Å². The van der Waals surface area contributed by atoms with Crippen molar-refractivity contribution < 1.29 is 9.90 Å². The Hall–Kier alpha value is -3.61. The number of allylic oxidation sites excluding steroid dienone is 6. The highest BCUT2D eigenvalue weighted by Crippen LogP contribution is 2.43. The zero-order valence-electron chi connectivity index (χ0n) is 51.4. The van der Waals surface area contributed by atoms with Gasteiger partial charge in [0.15, 0.2) is 0 Å². The fourth-order valence-electron chi connectivity index (χ4n) is 12.5. The first-order chi connectivity index (χ1) is 38.5. The van der Waals surface area contributed by atoms with Gasteiger partial charge in [0.25, 0.3) is 5.91 Å². The largest absolute Gasteiger partial charge is 0.494 e. The number of hydrogen-bond acceptors (Lipinski definition) is 4. The van der Waals surface area contributed by atoms with E-state index in [-0.39, 0.29) is 5.91 Å². The highest BCUT2D eigenvalue weighted by atomic mass is 32.1.